The minimum atomic E-state index is -0.703. The Morgan fingerprint density at radius 3 is 2.71 bits per heavy atom. The van der Waals surface area contributed by atoms with Gasteiger partial charge in [-0.25, -0.2) is 0 Å². The second-order valence-corrected chi connectivity index (χ2v) is 5.96. The van der Waals surface area contributed by atoms with E-state index in [4.69, 9.17) is 21.1 Å². The molecule has 0 fully saturated rings. The van der Waals surface area contributed by atoms with Gasteiger partial charge in [-0.1, -0.05) is 24.6 Å². The summed E-state index contributed by atoms with van der Waals surface area (Å²) in [5.74, 6) is 0.401. The Morgan fingerprint density at radius 2 is 2.10 bits per heavy atom. The van der Waals surface area contributed by atoms with Gasteiger partial charge in [-0.3, -0.25) is 4.79 Å². The highest BCUT2D eigenvalue weighted by Gasteiger charge is 2.30. The molecule has 118 valence electrons. The Morgan fingerprint density at radius 1 is 1.38 bits per heavy atom. The van der Waals surface area contributed by atoms with Crippen molar-refractivity contribution in [3.8, 4) is 5.75 Å². The summed E-state index contributed by atoms with van der Waals surface area (Å²) >= 11 is 6.24. The van der Waals surface area contributed by atoms with Gasteiger partial charge in [0.15, 0.2) is 0 Å². The molecule has 0 bridgehead atoms. The fourth-order valence-electron chi connectivity index (χ4n) is 1.83. The molecule has 0 atom stereocenters. The van der Waals surface area contributed by atoms with Crippen LogP contribution in [-0.2, 0) is 16.1 Å². The average Bonchev–Trinajstić information content (AvgIpc) is 2.46. The van der Waals surface area contributed by atoms with Gasteiger partial charge in [0.25, 0.3) is 0 Å². The Kier molecular flexibility index (Phi) is 6.99. The highest BCUT2D eigenvalue weighted by molar-refractivity contribution is 6.31. The molecular formula is C16H24ClNO3. The Labute approximate surface area is 131 Å². The summed E-state index contributed by atoms with van der Waals surface area (Å²) in [5, 5.41) is 3.97. The number of carbonyl (C=O) groups excluding carboxylic acids is 1. The van der Waals surface area contributed by atoms with Crippen molar-refractivity contribution in [1.29, 1.82) is 0 Å². The second kappa shape index (κ2) is 8.25. The molecule has 0 aromatic heterocycles. The van der Waals surface area contributed by atoms with E-state index in [0.717, 1.165) is 18.5 Å². The third-order valence-electron chi connectivity index (χ3n) is 3.13. The van der Waals surface area contributed by atoms with Gasteiger partial charge >= 0.3 is 5.97 Å². The summed E-state index contributed by atoms with van der Waals surface area (Å²) in [6.45, 7) is 7.48. The largest absolute Gasteiger partial charge is 0.492 e. The Bertz CT molecular complexity index is 475. The van der Waals surface area contributed by atoms with Crippen molar-refractivity contribution in [3.05, 3.63) is 28.8 Å². The molecule has 1 aromatic carbocycles. The zero-order chi connectivity index (χ0) is 15.9. The second-order valence-electron chi connectivity index (χ2n) is 5.56. The summed E-state index contributed by atoms with van der Waals surface area (Å²) < 4.78 is 10.6. The number of rotatable bonds is 8. The predicted octanol–water partition coefficient (Wildman–Crippen LogP) is 3.42. The molecule has 1 rings (SSSR count). The molecule has 4 nitrogen and oxygen atoms in total. The standard InChI is InChI=1S/C16H24ClNO3/c1-5-9-18-10-12-13(17)7-6-8-14(12)21-11-16(2,3)15(19)20-4/h6-8,18H,5,9-11H2,1-4H3. The summed E-state index contributed by atoms with van der Waals surface area (Å²) in [6.07, 6.45) is 1.05. The van der Waals surface area contributed by atoms with Crippen LogP contribution in [0.1, 0.15) is 32.8 Å². The van der Waals surface area contributed by atoms with Gasteiger partial charge in [0.05, 0.1) is 12.5 Å². The van der Waals surface area contributed by atoms with Crippen LogP contribution in [0.5, 0.6) is 5.75 Å². The molecule has 0 saturated heterocycles. The van der Waals surface area contributed by atoms with Crippen molar-refractivity contribution in [1.82, 2.24) is 5.32 Å². The van der Waals surface area contributed by atoms with Gasteiger partial charge < -0.3 is 14.8 Å². The van der Waals surface area contributed by atoms with Crippen molar-refractivity contribution < 1.29 is 14.3 Å². The van der Waals surface area contributed by atoms with Crippen LogP contribution in [0.2, 0.25) is 5.02 Å². The summed E-state index contributed by atoms with van der Waals surface area (Å²) in [4.78, 5) is 11.7. The predicted molar refractivity (Wildman–Crippen MR) is 84.7 cm³/mol. The third-order valence-corrected chi connectivity index (χ3v) is 3.49. The number of nitrogens with one attached hydrogen (secondary N) is 1. The first-order chi connectivity index (χ1) is 9.92. The van der Waals surface area contributed by atoms with E-state index in [0.29, 0.717) is 17.3 Å². The monoisotopic (exact) mass is 313 g/mol. The Hall–Kier alpha value is -1.26. The maximum absolute atomic E-state index is 11.7. The molecule has 5 heteroatoms. The van der Waals surface area contributed by atoms with E-state index in [-0.39, 0.29) is 12.6 Å². The minimum absolute atomic E-state index is 0.237. The molecule has 1 N–H and O–H groups in total. The van der Waals surface area contributed by atoms with Crippen molar-refractivity contribution in [2.45, 2.75) is 33.7 Å². The van der Waals surface area contributed by atoms with Gasteiger partial charge in [-0.2, -0.15) is 0 Å². The number of halogens is 1. The van der Waals surface area contributed by atoms with E-state index in [9.17, 15) is 4.79 Å². The van der Waals surface area contributed by atoms with Crippen molar-refractivity contribution in [2.24, 2.45) is 5.41 Å². The molecule has 0 aliphatic rings. The van der Waals surface area contributed by atoms with Crippen LogP contribution >= 0.6 is 11.6 Å². The summed E-state index contributed by atoms with van der Waals surface area (Å²) in [6, 6.07) is 5.54. The first kappa shape index (κ1) is 17.8. The van der Waals surface area contributed by atoms with Crippen LogP contribution in [0.15, 0.2) is 18.2 Å². The lowest BCUT2D eigenvalue weighted by Crippen LogP contribution is -2.32. The number of carbonyl (C=O) groups is 1. The SMILES string of the molecule is CCCNCc1c(Cl)cccc1OCC(C)(C)C(=O)OC. The zero-order valence-electron chi connectivity index (χ0n) is 13.2. The number of methoxy groups -OCH3 is 1. The fraction of sp³-hybridized carbons (Fsp3) is 0.562. The van der Waals surface area contributed by atoms with Crippen LogP contribution < -0.4 is 10.1 Å². The molecule has 0 amide bonds. The lowest BCUT2D eigenvalue weighted by Gasteiger charge is -2.23. The van der Waals surface area contributed by atoms with E-state index < -0.39 is 5.41 Å². The number of esters is 1. The van der Waals surface area contributed by atoms with Gasteiger partial charge in [0, 0.05) is 17.1 Å². The van der Waals surface area contributed by atoms with Crippen LogP contribution in [-0.4, -0.2) is 26.2 Å². The summed E-state index contributed by atoms with van der Waals surface area (Å²) in [5.41, 5.74) is 0.207. The molecule has 0 aliphatic heterocycles. The molecule has 0 unspecified atom stereocenters. The molecule has 0 heterocycles. The Balaban J connectivity index is 2.78. The third kappa shape index (κ3) is 5.21. The van der Waals surface area contributed by atoms with Crippen molar-refractivity contribution in [3.63, 3.8) is 0 Å². The smallest absolute Gasteiger partial charge is 0.314 e. The first-order valence-electron chi connectivity index (χ1n) is 7.11. The number of hydrogen-bond acceptors (Lipinski definition) is 4. The minimum Gasteiger partial charge on any atom is -0.492 e. The number of benzene rings is 1. The fourth-order valence-corrected chi connectivity index (χ4v) is 2.06. The molecular weight excluding hydrogens is 290 g/mol. The lowest BCUT2D eigenvalue weighted by molar-refractivity contribution is -0.152. The lowest BCUT2D eigenvalue weighted by atomic mass is 9.95. The van der Waals surface area contributed by atoms with Crippen molar-refractivity contribution >= 4 is 17.6 Å². The van der Waals surface area contributed by atoms with E-state index >= 15 is 0 Å². The molecule has 0 spiro atoms. The van der Waals surface area contributed by atoms with Crippen LogP contribution in [0.3, 0.4) is 0 Å². The molecule has 0 saturated carbocycles. The van der Waals surface area contributed by atoms with Gasteiger partial charge in [-0.05, 0) is 38.9 Å². The molecule has 0 aliphatic carbocycles. The van der Waals surface area contributed by atoms with E-state index in [2.05, 4.69) is 12.2 Å². The van der Waals surface area contributed by atoms with E-state index in [1.807, 2.05) is 18.2 Å². The van der Waals surface area contributed by atoms with E-state index in [1.54, 1.807) is 13.8 Å². The summed E-state index contributed by atoms with van der Waals surface area (Å²) in [7, 11) is 1.38. The molecule has 0 radical (unpaired) electrons. The number of ether oxygens (including phenoxy) is 2. The maximum Gasteiger partial charge on any atom is 0.314 e. The van der Waals surface area contributed by atoms with Gasteiger partial charge in [0.1, 0.15) is 12.4 Å². The highest BCUT2D eigenvalue weighted by Crippen LogP contribution is 2.28. The first-order valence-corrected chi connectivity index (χ1v) is 7.49. The van der Waals surface area contributed by atoms with Crippen molar-refractivity contribution in [2.75, 3.05) is 20.3 Å². The van der Waals surface area contributed by atoms with E-state index in [1.165, 1.54) is 7.11 Å². The van der Waals surface area contributed by atoms with Gasteiger partial charge in [-0.15, -0.1) is 0 Å². The topological polar surface area (TPSA) is 47.6 Å². The zero-order valence-corrected chi connectivity index (χ0v) is 13.9. The highest BCUT2D eigenvalue weighted by atomic mass is 35.5. The normalized spacial score (nSPS) is 11.3. The van der Waals surface area contributed by atoms with Crippen LogP contribution in [0.25, 0.3) is 0 Å². The maximum atomic E-state index is 11.7. The van der Waals surface area contributed by atoms with Gasteiger partial charge in [0.2, 0.25) is 0 Å². The van der Waals surface area contributed by atoms with Crippen LogP contribution in [0.4, 0.5) is 0 Å². The average molecular weight is 314 g/mol. The van der Waals surface area contributed by atoms with Crippen LogP contribution in [0, 0.1) is 5.41 Å². The quantitative estimate of drug-likeness (QED) is 0.590. The number of hydrogen-bond donors (Lipinski definition) is 1. The molecule has 21 heavy (non-hydrogen) atoms. The molecule has 1 aromatic rings.